The van der Waals surface area contributed by atoms with Gasteiger partial charge in [0.15, 0.2) is 17.1 Å². The summed E-state index contributed by atoms with van der Waals surface area (Å²) in [5, 5.41) is 0. The van der Waals surface area contributed by atoms with Crippen molar-refractivity contribution < 1.29 is 0 Å². The zero-order valence-corrected chi connectivity index (χ0v) is 38.0. The fourth-order valence-electron chi connectivity index (χ4n) is 9.52. The topological polar surface area (TPSA) is 89.9 Å². The summed E-state index contributed by atoms with van der Waals surface area (Å²) < 4.78 is 4.38. The number of hydrogen-bond donors (Lipinski definition) is 0. The molecule has 0 saturated heterocycles. The van der Waals surface area contributed by atoms with Crippen molar-refractivity contribution in [3.63, 3.8) is 0 Å². The molecule has 9 nitrogen and oxygen atoms in total. The van der Waals surface area contributed by atoms with E-state index < -0.39 is 0 Å². The molecule has 0 fully saturated rings. The van der Waals surface area contributed by atoms with Gasteiger partial charge in [-0.1, -0.05) is 146 Å². The Kier molecular flexibility index (Phi) is 10.9. The molecule has 9 heteroatoms. The van der Waals surface area contributed by atoms with Gasteiger partial charge in [0.2, 0.25) is 0 Å². The van der Waals surface area contributed by atoms with Crippen LogP contribution >= 0.6 is 0 Å². The van der Waals surface area contributed by atoms with Crippen molar-refractivity contribution in [2.75, 3.05) is 4.90 Å². The Morgan fingerprint density at radius 2 is 0.857 bits per heavy atom. The SMILES string of the molecule is C=Nc1cccnc1N(Cc1cc(-c2nc3cccnc3n2-c2ccccc2-c2ccccc2)cc(-c2nc3cccnc3n2-c2ccccc2-c2ccccc2)c1)c1ccccc1-c1ccccc1. The van der Waals surface area contributed by atoms with E-state index in [0.717, 1.165) is 101 Å². The molecule has 0 spiro atoms. The lowest BCUT2D eigenvalue weighted by Crippen LogP contribution is -2.19. The van der Waals surface area contributed by atoms with Gasteiger partial charge in [-0.25, -0.2) is 24.9 Å². The molecular formula is C61H43N9. The van der Waals surface area contributed by atoms with Gasteiger partial charge in [-0.2, -0.15) is 0 Å². The maximum atomic E-state index is 5.44. The second-order valence-electron chi connectivity index (χ2n) is 16.9. The first-order valence-electron chi connectivity index (χ1n) is 23.2. The van der Waals surface area contributed by atoms with Crippen molar-refractivity contribution in [1.82, 2.24) is 34.1 Å². The molecule has 0 aliphatic carbocycles. The minimum Gasteiger partial charge on any atom is -0.320 e. The Balaban J connectivity index is 1.14. The zero-order chi connectivity index (χ0) is 46.8. The summed E-state index contributed by atoms with van der Waals surface area (Å²) in [4.78, 5) is 32.6. The predicted molar refractivity (Wildman–Crippen MR) is 284 cm³/mol. The Labute approximate surface area is 405 Å². The molecule has 0 saturated carbocycles. The van der Waals surface area contributed by atoms with Gasteiger partial charge in [0, 0.05) is 53.0 Å². The second-order valence-corrected chi connectivity index (χ2v) is 16.9. The van der Waals surface area contributed by atoms with Gasteiger partial charge in [-0.05, 0) is 102 Å². The number of pyridine rings is 3. The highest BCUT2D eigenvalue weighted by Gasteiger charge is 2.25. The molecule has 70 heavy (non-hydrogen) atoms. The number of anilines is 2. The van der Waals surface area contributed by atoms with Crippen LogP contribution in [0.25, 0.3) is 89.9 Å². The van der Waals surface area contributed by atoms with Gasteiger partial charge >= 0.3 is 0 Å². The summed E-state index contributed by atoms with van der Waals surface area (Å²) in [6.07, 6.45) is 5.47. The lowest BCUT2D eigenvalue weighted by atomic mass is 10.00. The van der Waals surface area contributed by atoms with Crippen LogP contribution in [0.1, 0.15) is 5.56 Å². The van der Waals surface area contributed by atoms with Crippen LogP contribution in [0.2, 0.25) is 0 Å². The Morgan fingerprint density at radius 3 is 1.39 bits per heavy atom. The highest BCUT2D eigenvalue weighted by atomic mass is 15.2. The molecule has 0 radical (unpaired) electrons. The molecule has 0 bridgehead atoms. The number of benzene rings is 7. The van der Waals surface area contributed by atoms with E-state index in [1.54, 1.807) is 0 Å². The third-order valence-corrected chi connectivity index (χ3v) is 12.6. The predicted octanol–water partition coefficient (Wildman–Crippen LogP) is 14.6. The first kappa shape index (κ1) is 41.8. The fraction of sp³-hybridized carbons (Fsp3) is 0.0164. The number of rotatable bonds is 12. The van der Waals surface area contributed by atoms with Crippen LogP contribution in [-0.4, -0.2) is 40.8 Å². The molecule has 332 valence electrons. The van der Waals surface area contributed by atoms with Gasteiger partial charge in [-0.15, -0.1) is 0 Å². The molecule has 0 aliphatic rings. The molecule has 0 aliphatic heterocycles. The monoisotopic (exact) mass is 901 g/mol. The van der Waals surface area contributed by atoms with Crippen LogP contribution in [0.5, 0.6) is 0 Å². The van der Waals surface area contributed by atoms with Gasteiger partial charge in [0.05, 0.1) is 17.1 Å². The molecule has 0 amide bonds. The number of fused-ring (bicyclic) bond motifs is 2. The van der Waals surface area contributed by atoms with Crippen molar-refractivity contribution in [2.24, 2.45) is 4.99 Å². The Bertz CT molecular complexity index is 3660. The number of aliphatic imine (C=N–C) groups is 1. The molecular weight excluding hydrogens is 859 g/mol. The maximum absolute atomic E-state index is 5.44. The van der Waals surface area contributed by atoms with Crippen molar-refractivity contribution >= 4 is 46.2 Å². The van der Waals surface area contributed by atoms with Crippen LogP contribution in [0.3, 0.4) is 0 Å². The van der Waals surface area contributed by atoms with Crippen molar-refractivity contribution in [1.29, 1.82) is 0 Å². The van der Waals surface area contributed by atoms with Crippen LogP contribution in [-0.2, 0) is 6.54 Å². The minimum absolute atomic E-state index is 0.391. The highest BCUT2D eigenvalue weighted by molar-refractivity contribution is 5.89. The molecule has 0 N–H and O–H groups in total. The normalized spacial score (nSPS) is 11.3. The molecule has 7 aromatic carbocycles. The molecule has 12 rings (SSSR count). The summed E-state index contributed by atoms with van der Waals surface area (Å²) in [6, 6.07) is 75.2. The second kappa shape index (κ2) is 18.2. The average molecular weight is 902 g/mol. The van der Waals surface area contributed by atoms with Crippen LogP contribution in [0.4, 0.5) is 17.2 Å². The molecule has 5 aromatic heterocycles. The lowest BCUT2D eigenvalue weighted by molar-refractivity contribution is 0.947. The number of imidazole rings is 2. The molecule has 12 aromatic rings. The summed E-state index contributed by atoms with van der Waals surface area (Å²) >= 11 is 0. The molecule has 0 unspecified atom stereocenters. The smallest absolute Gasteiger partial charge is 0.164 e. The van der Waals surface area contributed by atoms with Gasteiger partial charge in [0.25, 0.3) is 0 Å². The minimum atomic E-state index is 0.391. The first-order valence-corrected chi connectivity index (χ1v) is 23.2. The van der Waals surface area contributed by atoms with E-state index in [2.05, 4.69) is 190 Å². The summed E-state index contributed by atoms with van der Waals surface area (Å²) in [6.45, 7) is 4.38. The Morgan fingerprint density at radius 1 is 0.414 bits per heavy atom. The van der Waals surface area contributed by atoms with Gasteiger partial charge in [-0.3, -0.25) is 14.1 Å². The zero-order valence-electron chi connectivity index (χ0n) is 38.0. The van der Waals surface area contributed by atoms with E-state index in [1.807, 2.05) is 73.2 Å². The maximum Gasteiger partial charge on any atom is 0.164 e. The number of aromatic nitrogens is 7. The van der Waals surface area contributed by atoms with Crippen LogP contribution in [0.15, 0.2) is 242 Å². The number of nitrogens with zero attached hydrogens (tertiary/aromatic N) is 9. The Hall–Kier alpha value is -9.60. The fourth-order valence-corrected chi connectivity index (χ4v) is 9.52. The van der Waals surface area contributed by atoms with Crippen LogP contribution in [0, 0.1) is 0 Å². The number of para-hydroxylation sites is 3. The average Bonchev–Trinajstić information content (AvgIpc) is 4.03. The van der Waals surface area contributed by atoms with Gasteiger partial charge in [0.1, 0.15) is 28.4 Å². The van der Waals surface area contributed by atoms with E-state index >= 15 is 0 Å². The van der Waals surface area contributed by atoms with E-state index in [1.165, 1.54) is 0 Å². The van der Waals surface area contributed by atoms with Crippen molar-refractivity contribution in [2.45, 2.75) is 6.54 Å². The standard InChI is InChI=1S/C61H43N9/c1-62-51-29-17-35-63-59(51)68(54-32-14-11-26-48(54)43-20-5-2-6-21-43)41-42-38-46(57-66-52-30-18-36-64-60(52)69(57)55-33-15-12-27-49(55)44-22-7-3-8-23-44)40-47(39-42)58-67-53-31-19-37-65-61(53)70(58)56-34-16-13-28-50(56)45-24-9-4-10-25-45/h2-40H,1,41H2. The van der Waals surface area contributed by atoms with Crippen LogP contribution < -0.4 is 4.90 Å². The highest BCUT2D eigenvalue weighted by Crippen LogP contribution is 2.42. The van der Waals surface area contributed by atoms with E-state index in [9.17, 15) is 0 Å². The lowest BCUT2D eigenvalue weighted by Gasteiger charge is -2.28. The molecule has 5 heterocycles. The summed E-state index contributed by atoms with van der Waals surface area (Å²) in [5.41, 5.74) is 15.7. The summed E-state index contributed by atoms with van der Waals surface area (Å²) in [5.74, 6) is 2.13. The largest absolute Gasteiger partial charge is 0.320 e. The number of hydrogen-bond acceptors (Lipinski definition) is 7. The van der Waals surface area contributed by atoms with E-state index in [4.69, 9.17) is 24.9 Å². The third-order valence-electron chi connectivity index (χ3n) is 12.6. The first-order chi connectivity index (χ1) is 34.7. The van der Waals surface area contributed by atoms with E-state index in [-0.39, 0.29) is 0 Å². The van der Waals surface area contributed by atoms with Crippen molar-refractivity contribution in [3.05, 3.63) is 243 Å². The van der Waals surface area contributed by atoms with Crippen molar-refractivity contribution in [3.8, 4) is 67.5 Å². The molecule has 0 atom stereocenters. The van der Waals surface area contributed by atoms with Gasteiger partial charge < -0.3 is 4.90 Å². The quantitative estimate of drug-likeness (QED) is 0.113. The summed E-state index contributed by atoms with van der Waals surface area (Å²) in [7, 11) is 0. The third kappa shape index (κ3) is 7.67. The van der Waals surface area contributed by atoms with E-state index in [0.29, 0.717) is 18.1 Å².